The van der Waals surface area contributed by atoms with E-state index < -0.39 is 17.6 Å². The zero-order valence-corrected chi connectivity index (χ0v) is 15.7. The van der Waals surface area contributed by atoms with E-state index in [0.29, 0.717) is 34.0 Å². The van der Waals surface area contributed by atoms with E-state index in [4.69, 9.17) is 27.9 Å². The SMILES string of the molecule is CC#Cc1cc(Cl)c(C2C(=O)NC3(CCC(OC)CC3)C2O)c(Cl)c1. The number of ether oxygens (including phenoxy) is 1. The second-order valence-electron chi connectivity index (χ2n) is 6.73. The fourth-order valence-electron chi connectivity index (χ4n) is 4.01. The number of methoxy groups -OCH3 is 1. The van der Waals surface area contributed by atoms with Crippen molar-refractivity contribution in [1.29, 1.82) is 0 Å². The van der Waals surface area contributed by atoms with E-state index in [1.165, 1.54) is 0 Å². The fraction of sp³-hybridized carbons (Fsp3) is 0.526. The Kier molecular flexibility index (Phi) is 5.31. The predicted octanol–water partition coefficient (Wildman–Crippen LogP) is 3.27. The Hall–Kier alpha value is -1.25. The monoisotopic (exact) mass is 381 g/mol. The third-order valence-electron chi connectivity index (χ3n) is 5.35. The smallest absolute Gasteiger partial charge is 0.230 e. The molecule has 1 saturated carbocycles. The Bertz CT molecular complexity index is 722. The van der Waals surface area contributed by atoms with Crippen molar-refractivity contribution in [3.05, 3.63) is 33.3 Å². The lowest BCUT2D eigenvalue weighted by Crippen LogP contribution is -2.52. The molecule has 0 bridgehead atoms. The van der Waals surface area contributed by atoms with Crippen LogP contribution in [0.4, 0.5) is 0 Å². The average molecular weight is 382 g/mol. The maximum Gasteiger partial charge on any atom is 0.230 e. The molecule has 1 spiro atoms. The first kappa shape index (κ1) is 18.5. The molecule has 1 heterocycles. The molecule has 2 fully saturated rings. The van der Waals surface area contributed by atoms with Crippen molar-refractivity contribution in [2.45, 2.75) is 56.3 Å². The molecule has 1 amide bonds. The number of halogens is 2. The summed E-state index contributed by atoms with van der Waals surface area (Å²) in [5.41, 5.74) is 0.524. The lowest BCUT2D eigenvalue weighted by atomic mass is 9.75. The molecular weight excluding hydrogens is 361 g/mol. The van der Waals surface area contributed by atoms with Gasteiger partial charge in [-0.05, 0) is 44.7 Å². The first-order valence-electron chi connectivity index (χ1n) is 8.36. The third kappa shape index (κ3) is 3.27. The Balaban J connectivity index is 1.93. The Morgan fingerprint density at radius 2 is 1.88 bits per heavy atom. The second kappa shape index (κ2) is 7.17. The first-order chi connectivity index (χ1) is 11.9. The predicted molar refractivity (Wildman–Crippen MR) is 97.9 cm³/mol. The van der Waals surface area contributed by atoms with Gasteiger partial charge in [0.05, 0.1) is 23.7 Å². The van der Waals surface area contributed by atoms with Crippen molar-refractivity contribution in [3.8, 4) is 11.8 Å². The van der Waals surface area contributed by atoms with Gasteiger partial charge in [0.25, 0.3) is 0 Å². The highest BCUT2D eigenvalue weighted by Crippen LogP contribution is 2.46. The van der Waals surface area contributed by atoms with Crippen molar-refractivity contribution >= 4 is 29.1 Å². The number of carbonyl (C=O) groups is 1. The van der Waals surface area contributed by atoms with E-state index in [1.54, 1.807) is 26.2 Å². The van der Waals surface area contributed by atoms with Crippen LogP contribution in [0.15, 0.2) is 12.1 Å². The molecule has 1 aliphatic carbocycles. The highest BCUT2D eigenvalue weighted by atomic mass is 35.5. The number of benzene rings is 1. The minimum atomic E-state index is -0.879. The van der Waals surface area contributed by atoms with Crippen LogP contribution in [0.3, 0.4) is 0 Å². The summed E-state index contributed by atoms with van der Waals surface area (Å²) in [6.07, 6.45) is 2.23. The highest BCUT2D eigenvalue weighted by molar-refractivity contribution is 6.36. The summed E-state index contributed by atoms with van der Waals surface area (Å²) in [5.74, 6) is 4.69. The van der Waals surface area contributed by atoms with E-state index in [2.05, 4.69) is 17.2 Å². The molecule has 2 unspecified atom stereocenters. The van der Waals surface area contributed by atoms with Crippen molar-refractivity contribution in [2.24, 2.45) is 0 Å². The lowest BCUT2D eigenvalue weighted by Gasteiger charge is -2.39. The summed E-state index contributed by atoms with van der Waals surface area (Å²) in [4.78, 5) is 12.7. The van der Waals surface area contributed by atoms with Crippen molar-refractivity contribution in [2.75, 3.05) is 7.11 Å². The summed E-state index contributed by atoms with van der Waals surface area (Å²) in [5, 5.41) is 14.7. The van der Waals surface area contributed by atoms with E-state index in [9.17, 15) is 9.90 Å². The quantitative estimate of drug-likeness (QED) is 0.772. The van der Waals surface area contributed by atoms with Gasteiger partial charge in [-0.3, -0.25) is 4.79 Å². The van der Waals surface area contributed by atoms with Crippen LogP contribution in [0, 0.1) is 11.8 Å². The summed E-state index contributed by atoms with van der Waals surface area (Å²) in [6.45, 7) is 1.73. The second-order valence-corrected chi connectivity index (χ2v) is 7.55. The highest BCUT2D eigenvalue weighted by Gasteiger charge is 2.54. The number of nitrogens with one attached hydrogen (secondary N) is 1. The van der Waals surface area contributed by atoms with Crippen molar-refractivity contribution in [3.63, 3.8) is 0 Å². The van der Waals surface area contributed by atoms with Crippen LogP contribution in [0.2, 0.25) is 10.0 Å². The number of rotatable bonds is 2. The number of hydrogen-bond donors (Lipinski definition) is 2. The molecule has 1 aromatic rings. The van der Waals surface area contributed by atoms with Gasteiger partial charge in [-0.15, -0.1) is 5.92 Å². The largest absolute Gasteiger partial charge is 0.389 e. The van der Waals surface area contributed by atoms with Crippen LogP contribution in [0.25, 0.3) is 0 Å². The van der Waals surface area contributed by atoms with E-state index in [1.807, 2.05) is 0 Å². The Morgan fingerprint density at radius 1 is 1.28 bits per heavy atom. The van der Waals surface area contributed by atoms with Crippen LogP contribution in [0.1, 0.15) is 49.7 Å². The summed E-state index contributed by atoms with van der Waals surface area (Å²) >= 11 is 12.8. The van der Waals surface area contributed by atoms with Gasteiger partial charge in [-0.25, -0.2) is 0 Å². The summed E-state index contributed by atoms with van der Waals surface area (Å²) in [6, 6.07) is 3.37. The normalized spacial score (nSPS) is 31.6. The van der Waals surface area contributed by atoms with Gasteiger partial charge in [-0.2, -0.15) is 0 Å². The van der Waals surface area contributed by atoms with Gasteiger partial charge < -0.3 is 15.2 Å². The molecular formula is C19H21Cl2NO3. The molecule has 2 atom stereocenters. The number of aliphatic hydroxyl groups is 1. The minimum Gasteiger partial charge on any atom is -0.389 e. The molecule has 2 aliphatic rings. The molecule has 25 heavy (non-hydrogen) atoms. The minimum absolute atomic E-state index is 0.174. The fourth-order valence-corrected chi connectivity index (χ4v) is 4.73. The molecule has 1 saturated heterocycles. The van der Waals surface area contributed by atoms with E-state index in [-0.39, 0.29) is 12.0 Å². The van der Waals surface area contributed by atoms with Gasteiger partial charge in [0.1, 0.15) is 0 Å². The maximum absolute atomic E-state index is 12.7. The van der Waals surface area contributed by atoms with Crippen molar-refractivity contribution < 1.29 is 14.6 Å². The molecule has 2 N–H and O–H groups in total. The average Bonchev–Trinajstić information content (AvgIpc) is 2.80. The van der Waals surface area contributed by atoms with Crippen LogP contribution < -0.4 is 5.32 Å². The molecule has 134 valence electrons. The van der Waals surface area contributed by atoms with Gasteiger partial charge in [0.2, 0.25) is 5.91 Å². The van der Waals surface area contributed by atoms with Crippen LogP contribution in [-0.4, -0.2) is 35.9 Å². The van der Waals surface area contributed by atoms with Crippen molar-refractivity contribution in [1.82, 2.24) is 5.32 Å². The zero-order chi connectivity index (χ0) is 18.2. The Labute approximate surface area is 157 Å². The van der Waals surface area contributed by atoms with Crippen LogP contribution in [-0.2, 0) is 9.53 Å². The third-order valence-corrected chi connectivity index (χ3v) is 5.98. The molecule has 3 rings (SSSR count). The topological polar surface area (TPSA) is 58.6 Å². The lowest BCUT2D eigenvalue weighted by molar-refractivity contribution is -0.121. The molecule has 6 heteroatoms. The number of carbonyl (C=O) groups excluding carboxylic acids is 1. The zero-order valence-electron chi connectivity index (χ0n) is 14.2. The van der Waals surface area contributed by atoms with E-state index in [0.717, 1.165) is 12.8 Å². The molecule has 1 aliphatic heterocycles. The molecule has 0 radical (unpaired) electrons. The van der Waals surface area contributed by atoms with Crippen LogP contribution >= 0.6 is 23.2 Å². The Morgan fingerprint density at radius 3 is 2.40 bits per heavy atom. The van der Waals surface area contributed by atoms with Gasteiger partial charge in [-0.1, -0.05) is 29.1 Å². The van der Waals surface area contributed by atoms with Gasteiger partial charge in [0.15, 0.2) is 0 Å². The standard InChI is InChI=1S/C19H21Cl2NO3/c1-3-4-11-9-13(20)15(14(21)10-11)16-17(23)19(22-18(16)24)7-5-12(25-2)6-8-19/h9-10,12,16-17,23H,5-8H2,1-2H3,(H,22,24). The molecule has 0 aromatic heterocycles. The molecule has 1 aromatic carbocycles. The van der Waals surface area contributed by atoms with E-state index >= 15 is 0 Å². The number of amides is 1. The summed E-state index contributed by atoms with van der Waals surface area (Å²) < 4.78 is 5.39. The van der Waals surface area contributed by atoms with Gasteiger partial charge in [0, 0.05) is 28.3 Å². The maximum atomic E-state index is 12.7. The number of aliphatic hydroxyl groups excluding tert-OH is 1. The summed E-state index contributed by atoms with van der Waals surface area (Å²) in [7, 11) is 1.69. The molecule has 4 nitrogen and oxygen atoms in total. The van der Waals surface area contributed by atoms with Crippen LogP contribution in [0.5, 0.6) is 0 Å². The first-order valence-corrected chi connectivity index (χ1v) is 9.12. The van der Waals surface area contributed by atoms with Gasteiger partial charge >= 0.3 is 0 Å². The number of hydrogen-bond acceptors (Lipinski definition) is 3.